The molecular formula is C19H14Cl2N4O3. The topological polar surface area (TPSA) is 99.5 Å². The van der Waals surface area contributed by atoms with Gasteiger partial charge in [0.1, 0.15) is 5.56 Å². The van der Waals surface area contributed by atoms with Crippen LogP contribution in [-0.2, 0) is 0 Å². The molecule has 0 radical (unpaired) electrons. The van der Waals surface area contributed by atoms with Crippen LogP contribution in [0.15, 0.2) is 63.2 Å². The van der Waals surface area contributed by atoms with E-state index in [0.29, 0.717) is 27.9 Å². The SMILES string of the molecule is O=c1[nH]c(=O)n(-c2ccc(Cl)cc2)c(O)c1C1=NNC(c2ccc(Cl)cc2)C1. The van der Waals surface area contributed by atoms with Crippen LogP contribution in [0.4, 0.5) is 0 Å². The first-order valence-electron chi connectivity index (χ1n) is 8.36. The third-order valence-corrected chi connectivity index (χ3v) is 4.99. The van der Waals surface area contributed by atoms with Gasteiger partial charge in [-0.05, 0) is 42.0 Å². The fourth-order valence-electron chi connectivity index (χ4n) is 3.10. The largest absolute Gasteiger partial charge is 0.493 e. The average molecular weight is 417 g/mol. The van der Waals surface area contributed by atoms with Crippen molar-refractivity contribution < 1.29 is 5.11 Å². The molecule has 0 bridgehead atoms. The Hall–Kier alpha value is -3.03. The van der Waals surface area contributed by atoms with E-state index in [1.807, 2.05) is 12.1 Å². The fourth-order valence-corrected chi connectivity index (χ4v) is 3.35. The molecule has 142 valence electrons. The molecule has 7 nitrogen and oxygen atoms in total. The van der Waals surface area contributed by atoms with Gasteiger partial charge in [-0.25, -0.2) is 9.36 Å². The van der Waals surface area contributed by atoms with Gasteiger partial charge >= 0.3 is 5.69 Å². The minimum atomic E-state index is -0.755. The molecule has 3 N–H and O–H groups in total. The minimum absolute atomic E-state index is 0.0569. The predicted molar refractivity (Wildman–Crippen MR) is 108 cm³/mol. The van der Waals surface area contributed by atoms with Crippen molar-refractivity contribution in [3.05, 3.63) is 90.5 Å². The van der Waals surface area contributed by atoms with E-state index >= 15 is 0 Å². The smallest absolute Gasteiger partial charge is 0.335 e. The number of hydrogen-bond acceptors (Lipinski definition) is 5. The molecule has 0 saturated carbocycles. The number of H-pyrrole nitrogens is 1. The summed E-state index contributed by atoms with van der Waals surface area (Å²) in [7, 11) is 0. The lowest BCUT2D eigenvalue weighted by molar-refractivity contribution is 0.429. The highest BCUT2D eigenvalue weighted by Gasteiger charge is 2.27. The van der Waals surface area contributed by atoms with E-state index in [4.69, 9.17) is 23.2 Å². The number of halogens is 2. The lowest BCUT2D eigenvalue weighted by atomic mass is 10.00. The second-order valence-corrected chi connectivity index (χ2v) is 7.14. The van der Waals surface area contributed by atoms with Gasteiger partial charge in [0.2, 0.25) is 5.88 Å². The first-order chi connectivity index (χ1) is 13.4. The van der Waals surface area contributed by atoms with Crippen molar-refractivity contribution >= 4 is 28.9 Å². The zero-order valence-corrected chi connectivity index (χ0v) is 15.8. The summed E-state index contributed by atoms with van der Waals surface area (Å²) in [5.41, 5.74) is 3.09. The third kappa shape index (κ3) is 3.30. The molecule has 1 aliphatic heterocycles. The average Bonchev–Trinajstić information content (AvgIpc) is 3.13. The minimum Gasteiger partial charge on any atom is -0.493 e. The monoisotopic (exact) mass is 416 g/mol. The number of aromatic nitrogens is 2. The molecule has 0 amide bonds. The Bertz CT molecular complexity index is 1180. The lowest BCUT2D eigenvalue weighted by Gasteiger charge is -2.12. The van der Waals surface area contributed by atoms with E-state index in [0.717, 1.165) is 10.1 Å². The van der Waals surface area contributed by atoms with Gasteiger partial charge in [0.15, 0.2) is 0 Å². The second-order valence-electron chi connectivity index (χ2n) is 6.27. The summed E-state index contributed by atoms with van der Waals surface area (Å²) in [6.07, 6.45) is 0.358. The lowest BCUT2D eigenvalue weighted by Crippen LogP contribution is -2.33. The molecule has 28 heavy (non-hydrogen) atoms. The molecule has 1 aliphatic rings. The van der Waals surface area contributed by atoms with Crippen molar-refractivity contribution in [2.45, 2.75) is 12.5 Å². The van der Waals surface area contributed by atoms with Crippen LogP contribution in [0, 0.1) is 0 Å². The Kier molecular flexibility index (Phi) is 4.70. The molecule has 0 aliphatic carbocycles. The van der Waals surface area contributed by atoms with Gasteiger partial charge in [-0.3, -0.25) is 9.78 Å². The maximum Gasteiger partial charge on any atom is 0.335 e. The van der Waals surface area contributed by atoms with Crippen molar-refractivity contribution in [1.82, 2.24) is 15.0 Å². The van der Waals surface area contributed by atoms with Crippen LogP contribution in [0.5, 0.6) is 5.88 Å². The number of hydrazone groups is 1. The normalized spacial score (nSPS) is 15.9. The second kappa shape index (κ2) is 7.18. The number of aromatic hydroxyl groups is 1. The van der Waals surface area contributed by atoms with Gasteiger partial charge in [0.05, 0.1) is 17.4 Å². The van der Waals surface area contributed by atoms with Gasteiger partial charge in [-0.1, -0.05) is 35.3 Å². The molecule has 2 heterocycles. The van der Waals surface area contributed by atoms with Crippen molar-refractivity contribution in [3.8, 4) is 11.6 Å². The number of nitrogens with one attached hydrogen (secondary N) is 2. The summed E-state index contributed by atoms with van der Waals surface area (Å²) in [5.74, 6) is -0.478. The summed E-state index contributed by atoms with van der Waals surface area (Å²) < 4.78 is 1.01. The highest BCUT2D eigenvalue weighted by Crippen LogP contribution is 2.27. The Labute approximate surface area is 168 Å². The van der Waals surface area contributed by atoms with E-state index in [-0.39, 0.29) is 11.6 Å². The highest BCUT2D eigenvalue weighted by molar-refractivity contribution is 6.30. The molecule has 0 saturated heterocycles. The van der Waals surface area contributed by atoms with E-state index in [1.165, 1.54) is 0 Å². The van der Waals surface area contributed by atoms with Gasteiger partial charge in [0.25, 0.3) is 5.56 Å². The van der Waals surface area contributed by atoms with E-state index in [2.05, 4.69) is 15.5 Å². The molecule has 3 aromatic rings. The zero-order chi connectivity index (χ0) is 19.8. The van der Waals surface area contributed by atoms with E-state index in [1.54, 1.807) is 36.4 Å². The summed E-state index contributed by atoms with van der Waals surface area (Å²) in [4.78, 5) is 26.9. The molecule has 0 spiro atoms. The van der Waals surface area contributed by atoms with Crippen LogP contribution in [0.25, 0.3) is 5.69 Å². The summed E-state index contributed by atoms with van der Waals surface area (Å²) in [6.45, 7) is 0. The molecule has 2 aromatic carbocycles. The van der Waals surface area contributed by atoms with Crippen molar-refractivity contribution in [2.75, 3.05) is 0 Å². The molecule has 1 atom stereocenters. The maximum absolute atomic E-state index is 12.4. The number of aromatic amines is 1. The van der Waals surface area contributed by atoms with Crippen LogP contribution >= 0.6 is 23.2 Å². The van der Waals surface area contributed by atoms with E-state index in [9.17, 15) is 14.7 Å². The van der Waals surface area contributed by atoms with Crippen molar-refractivity contribution in [2.24, 2.45) is 5.10 Å². The van der Waals surface area contributed by atoms with E-state index < -0.39 is 17.1 Å². The molecule has 9 heteroatoms. The zero-order valence-electron chi connectivity index (χ0n) is 14.3. The number of benzene rings is 2. The molecule has 1 aromatic heterocycles. The maximum atomic E-state index is 12.4. The Balaban J connectivity index is 1.73. The predicted octanol–water partition coefficient (Wildman–Crippen LogP) is 2.98. The molecule has 4 rings (SSSR count). The summed E-state index contributed by atoms with van der Waals surface area (Å²) in [5, 5.41) is 16.0. The Morgan fingerprint density at radius 2 is 1.61 bits per heavy atom. The summed E-state index contributed by atoms with van der Waals surface area (Å²) >= 11 is 11.8. The van der Waals surface area contributed by atoms with Crippen LogP contribution in [0.3, 0.4) is 0 Å². The molecule has 0 fully saturated rings. The Morgan fingerprint density at radius 1 is 1.00 bits per heavy atom. The Morgan fingerprint density at radius 3 is 2.25 bits per heavy atom. The first-order valence-corrected chi connectivity index (χ1v) is 9.12. The van der Waals surface area contributed by atoms with Gasteiger partial charge in [-0.2, -0.15) is 5.10 Å². The first kappa shape index (κ1) is 18.3. The van der Waals surface area contributed by atoms with Crippen LogP contribution in [0.2, 0.25) is 10.0 Å². The number of hydrogen-bond donors (Lipinski definition) is 3. The van der Waals surface area contributed by atoms with Gasteiger partial charge < -0.3 is 10.5 Å². The highest BCUT2D eigenvalue weighted by atomic mass is 35.5. The third-order valence-electron chi connectivity index (χ3n) is 4.48. The van der Waals surface area contributed by atoms with Gasteiger partial charge in [0, 0.05) is 16.5 Å². The standard InChI is InChI=1S/C19H14Cl2N4O3/c20-11-3-1-10(2-4-11)14-9-15(24-23-14)16-17(26)22-19(28)25(18(16)27)13-7-5-12(21)6-8-13/h1-8,14,23,27H,9H2,(H,22,26,28). The van der Waals surface area contributed by atoms with Crippen molar-refractivity contribution in [1.29, 1.82) is 0 Å². The quantitative estimate of drug-likeness (QED) is 0.610. The summed E-state index contributed by atoms with van der Waals surface area (Å²) in [6, 6.07) is 13.4. The van der Waals surface area contributed by atoms with Gasteiger partial charge in [-0.15, -0.1) is 0 Å². The van der Waals surface area contributed by atoms with Crippen LogP contribution in [-0.4, -0.2) is 20.4 Å². The number of rotatable bonds is 3. The fraction of sp³-hybridized carbons (Fsp3) is 0.105. The van der Waals surface area contributed by atoms with Crippen LogP contribution in [0.1, 0.15) is 23.6 Å². The van der Waals surface area contributed by atoms with Crippen LogP contribution < -0.4 is 16.7 Å². The number of nitrogens with zero attached hydrogens (tertiary/aromatic N) is 2. The van der Waals surface area contributed by atoms with Crippen molar-refractivity contribution in [3.63, 3.8) is 0 Å². The molecule has 1 unspecified atom stereocenters. The molecular weight excluding hydrogens is 403 g/mol.